The number of aryl methyl sites for hydroxylation is 1. The third-order valence-corrected chi connectivity index (χ3v) is 2.45. The number of carbonyl (C=O) groups is 2. The Morgan fingerprint density at radius 3 is 2.56 bits per heavy atom. The molecule has 0 heterocycles. The quantitative estimate of drug-likeness (QED) is 0.565. The van der Waals surface area contributed by atoms with Gasteiger partial charge >= 0.3 is 5.97 Å². The predicted octanol–water partition coefficient (Wildman–Crippen LogP) is 2.38. The molecule has 1 aromatic carbocycles. The number of ether oxygens (including phenoxy) is 1. The van der Waals surface area contributed by atoms with Gasteiger partial charge in [-0.15, -0.1) is 0 Å². The Kier molecular flexibility index (Phi) is 4.70. The van der Waals surface area contributed by atoms with Gasteiger partial charge in [0.05, 0.1) is 7.11 Å². The molecule has 16 heavy (non-hydrogen) atoms. The van der Waals surface area contributed by atoms with Gasteiger partial charge in [-0.2, -0.15) is 0 Å². The summed E-state index contributed by atoms with van der Waals surface area (Å²) in [5, 5.41) is 0. The number of hydrogen-bond acceptors (Lipinski definition) is 3. The van der Waals surface area contributed by atoms with E-state index in [4.69, 9.17) is 0 Å². The van der Waals surface area contributed by atoms with Crippen LogP contribution in [0.2, 0.25) is 0 Å². The van der Waals surface area contributed by atoms with Crippen molar-refractivity contribution >= 4 is 11.8 Å². The predicted molar refractivity (Wildman–Crippen MR) is 61.4 cm³/mol. The lowest BCUT2D eigenvalue weighted by atomic mass is 9.99. The maximum Gasteiger partial charge on any atom is 0.305 e. The van der Waals surface area contributed by atoms with Gasteiger partial charge in [-0.05, 0) is 25.3 Å². The molecule has 0 saturated carbocycles. The molecule has 0 aliphatic heterocycles. The molecule has 0 N–H and O–H groups in total. The van der Waals surface area contributed by atoms with Crippen LogP contribution in [-0.2, 0) is 16.0 Å². The van der Waals surface area contributed by atoms with Crippen LogP contribution in [0.4, 0.5) is 0 Å². The fourth-order valence-electron chi connectivity index (χ4n) is 1.61. The zero-order valence-electron chi connectivity index (χ0n) is 9.66. The molecule has 0 spiro atoms. The van der Waals surface area contributed by atoms with E-state index in [9.17, 15) is 9.59 Å². The van der Waals surface area contributed by atoms with Crippen LogP contribution in [0, 0.1) is 0 Å². The molecule has 0 atom stereocenters. The molecule has 0 aliphatic rings. The highest BCUT2D eigenvalue weighted by molar-refractivity contribution is 5.95. The van der Waals surface area contributed by atoms with Crippen molar-refractivity contribution in [1.29, 1.82) is 0 Å². The fraction of sp³-hybridized carbons (Fsp3) is 0.385. The monoisotopic (exact) mass is 220 g/mol. The Bertz CT molecular complexity index is 383. The van der Waals surface area contributed by atoms with Crippen molar-refractivity contribution in [2.45, 2.75) is 26.2 Å². The number of hydrogen-bond donors (Lipinski definition) is 0. The molecule has 0 aliphatic carbocycles. The van der Waals surface area contributed by atoms with Gasteiger partial charge in [0.1, 0.15) is 0 Å². The lowest BCUT2D eigenvalue weighted by Gasteiger charge is -2.05. The minimum atomic E-state index is -0.208. The van der Waals surface area contributed by atoms with Crippen molar-refractivity contribution < 1.29 is 14.3 Å². The molecule has 0 bridgehead atoms. The number of Topliss-reactive ketones (excluding diaryl/α,β-unsaturated/α-hetero) is 1. The van der Waals surface area contributed by atoms with Gasteiger partial charge in [0.2, 0.25) is 0 Å². The van der Waals surface area contributed by atoms with Crippen LogP contribution in [-0.4, -0.2) is 18.9 Å². The van der Waals surface area contributed by atoms with Gasteiger partial charge in [0.15, 0.2) is 5.78 Å². The maximum absolute atomic E-state index is 11.3. The molecule has 0 saturated heterocycles. The number of methoxy groups -OCH3 is 1. The molecule has 3 nitrogen and oxygen atoms in total. The summed E-state index contributed by atoms with van der Waals surface area (Å²) in [7, 11) is 1.38. The van der Waals surface area contributed by atoms with Crippen LogP contribution >= 0.6 is 0 Å². The van der Waals surface area contributed by atoms with E-state index in [2.05, 4.69) is 4.74 Å². The molecule has 3 heteroatoms. The summed E-state index contributed by atoms with van der Waals surface area (Å²) < 4.78 is 4.56. The minimum absolute atomic E-state index is 0.0636. The van der Waals surface area contributed by atoms with E-state index < -0.39 is 0 Å². The first-order chi connectivity index (χ1) is 7.65. The van der Waals surface area contributed by atoms with Gasteiger partial charge in [-0.1, -0.05) is 24.3 Å². The van der Waals surface area contributed by atoms with Crippen molar-refractivity contribution in [2.75, 3.05) is 7.11 Å². The van der Waals surface area contributed by atoms with E-state index in [0.717, 1.165) is 17.5 Å². The van der Waals surface area contributed by atoms with Gasteiger partial charge < -0.3 is 4.74 Å². The van der Waals surface area contributed by atoms with Gasteiger partial charge in [0, 0.05) is 12.0 Å². The molecule has 0 fully saturated rings. The summed E-state index contributed by atoms with van der Waals surface area (Å²) in [6, 6.07) is 7.49. The smallest absolute Gasteiger partial charge is 0.305 e. The van der Waals surface area contributed by atoms with Gasteiger partial charge in [0.25, 0.3) is 0 Å². The van der Waals surface area contributed by atoms with Crippen LogP contribution in [0.3, 0.4) is 0 Å². The molecule has 0 unspecified atom stereocenters. The fourth-order valence-corrected chi connectivity index (χ4v) is 1.61. The Hall–Kier alpha value is -1.64. The Morgan fingerprint density at radius 1 is 1.25 bits per heavy atom. The molecule has 0 aromatic heterocycles. The van der Waals surface area contributed by atoms with Crippen molar-refractivity contribution in [3.8, 4) is 0 Å². The summed E-state index contributed by atoms with van der Waals surface area (Å²) in [4.78, 5) is 22.3. The maximum atomic E-state index is 11.3. The third kappa shape index (κ3) is 3.50. The topological polar surface area (TPSA) is 43.4 Å². The van der Waals surface area contributed by atoms with Crippen LogP contribution in [0.1, 0.15) is 35.7 Å². The van der Waals surface area contributed by atoms with Crippen LogP contribution in [0.5, 0.6) is 0 Å². The number of benzene rings is 1. The van der Waals surface area contributed by atoms with E-state index in [1.54, 1.807) is 6.92 Å². The standard InChI is InChI=1S/C13H16O3/c1-10(14)12-8-4-3-6-11(12)7-5-9-13(15)16-2/h3-4,6,8H,5,7,9H2,1-2H3. The molecule has 0 amide bonds. The molecule has 0 radical (unpaired) electrons. The summed E-state index contributed by atoms with van der Waals surface area (Å²) >= 11 is 0. The molecule has 1 rings (SSSR count). The van der Waals surface area contributed by atoms with Crippen molar-refractivity contribution in [3.63, 3.8) is 0 Å². The second-order valence-electron chi connectivity index (χ2n) is 3.64. The highest BCUT2D eigenvalue weighted by Crippen LogP contribution is 2.12. The third-order valence-electron chi connectivity index (χ3n) is 2.45. The minimum Gasteiger partial charge on any atom is -0.469 e. The number of esters is 1. The van der Waals surface area contributed by atoms with Crippen LogP contribution in [0.25, 0.3) is 0 Å². The summed E-state index contributed by atoms with van der Waals surface area (Å²) in [6.45, 7) is 1.55. The summed E-state index contributed by atoms with van der Waals surface area (Å²) in [6.07, 6.45) is 1.82. The zero-order valence-corrected chi connectivity index (χ0v) is 9.66. The summed E-state index contributed by atoms with van der Waals surface area (Å²) in [5.41, 5.74) is 1.74. The lowest BCUT2D eigenvalue weighted by Crippen LogP contribution is -2.03. The summed E-state index contributed by atoms with van der Waals surface area (Å²) in [5.74, 6) is -0.144. The highest BCUT2D eigenvalue weighted by Gasteiger charge is 2.07. The lowest BCUT2D eigenvalue weighted by molar-refractivity contribution is -0.140. The first-order valence-corrected chi connectivity index (χ1v) is 5.31. The van der Waals surface area contributed by atoms with Crippen molar-refractivity contribution in [1.82, 2.24) is 0 Å². The second-order valence-corrected chi connectivity index (χ2v) is 3.64. The highest BCUT2D eigenvalue weighted by atomic mass is 16.5. The van der Waals surface area contributed by atoms with E-state index in [-0.39, 0.29) is 11.8 Å². The second kappa shape index (κ2) is 6.05. The van der Waals surface area contributed by atoms with E-state index in [1.807, 2.05) is 24.3 Å². The largest absolute Gasteiger partial charge is 0.469 e. The van der Waals surface area contributed by atoms with Gasteiger partial charge in [-0.25, -0.2) is 0 Å². The average Bonchev–Trinajstić information content (AvgIpc) is 2.29. The van der Waals surface area contributed by atoms with Crippen molar-refractivity contribution in [3.05, 3.63) is 35.4 Å². The number of carbonyl (C=O) groups excluding carboxylic acids is 2. The molecular weight excluding hydrogens is 204 g/mol. The normalized spacial score (nSPS) is 9.88. The van der Waals surface area contributed by atoms with E-state index in [1.165, 1.54) is 7.11 Å². The van der Waals surface area contributed by atoms with Crippen LogP contribution < -0.4 is 0 Å². The van der Waals surface area contributed by atoms with Crippen LogP contribution in [0.15, 0.2) is 24.3 Å². The Balaban J connectivity index is 2.60. The number of ketones is 1. The first-order valence-electron chi connectivity index (χ1n) is 5.31. The van der Waals surface area contributed by atoms with Crippen molar-refractivity contribution in [2.24, 2.45) is 0 Å². The Labute approximate surface area is 95.4 Å². The van der Waals surface area contributed by atoms with E-state index in [0.29, 0.717) is 12.8 Å². The average molecular weight is 220 g/mol. The van der Waals surface area contributed by atoms with E-state index >= 15 is 0 Å². The molecular formula is C13H16O3. The SMILES string of the molecule is COC(=O)CCCc1ccccc1C(C)=O. The molecule has 1 aromatic rings. The molecule has 86 valence electrons. The van der Waals surface area contributed by atoms with Gasteiger partial charge in [-0.3, -0.25) is 9.59 Å². The number of rotatable bonds is 5. The first kappa shape index (κ1) is 12.4. The Morgan fingerprint density at radius 2 is 1.94 bits per heavy atom. The zero-order chi connectivity index (χ0) is 12.0.